The molecule has 0 atom stereocenters. The zero-order valence-corrected chi connectivity index (χ0v) is 33.8. The lowest BCUT2D eigenvalue weighted by Crippen LogP contribution is -2.13. The smallest absolute Gasteiger partial charge is 0.149 e. The fourth-order valence-electron chi connectivity index (χ4n) is 7.63. The number of hydrogen-bond acceptors (Lipinski definition) is 3. The Morgan fingerprint density at radius 1 is 0.632 bits per heavy atom. The second-order valence-corrected chi connectivity index (χ2v) is 17.0. The molecule has 0 unspecified atom stereocenters. The Morgan fingerprint density at radius 2 is 1.33 bits per heavy atom. The van der Waals surface area contributed by atoms with Crippen LogP contribution in [0, 0.1) is 0 Å². The molecule has 4 heteroatoms. The summed E-state index contributed by atoms with van der Waals surface area (Å²) in [5, 5.41) is 11.4. The Kier molecular flexibility index (Phi) is 7.95. The number of aromatic nitrogens is 3. The van der Waals surface area contributed by atoms with E-state index in [2.05, 4.69) is 101 Å². The van der Waals surface area contributed by atoms with Crippen molar-refractivity contribution in [2.24, 2.45) is 0 Å². The van der Waals surface area contributed by atoms with Crippen LogP contribution in [0.15, 0.2) is 152 Å². The van der Waals surface area contributed by atoms with E-state index in [0.717, 1.165) is 50.1 Å². The number of benzene rings is 6. The van der Waals surface area contributed by atoms with Crippen molar-refractivity contribution in [3.63, 3.8) is 0 Å². The maximum atomic E-state index is 11.4. The number of aromatic hydroxyl groups is 1. The van der Waals surface area contributed by atoms with E-state index in [1.807, 2.05) is 50.2 Å². The largest absolute Gasteiger partial charge is 0.507 e. The number of hydrogen-bond donors (Lipinski definition) is 1. The molecule has 57 heavy (non-hydrogen) atoms. The average Bonchev–Trinajstić information content (AvgIpc) is 3.63. The van der Waals surface area contributed by atoms with Gasteiger partial charge in [0.2, 0.25) is 0 Å². The number of para-hydroxylation sites is 2. The summed E-state index contributed by atoms with van der Waals surface area (Å²) in [6.07, 6.45) is 1.61. The van der Waals surface area contributed by atoms with Gasteiger partial charge in [-0.15, -0.1) is 0 Å². The van der Waals surface area contributed by atoms with E-state index >= 15 is 0 Å². The summed E-state index contributed by atoms with van der Waals surface area (Å²) in [5.41, 5.74) is 11.4. The Morgan fingerprint density at radius 3 is 2.05 bits per heavy atom. The summed E-state index contributed by atoms with van der Waals surface area (Å²) in [6, 6.07) is 36.0. The summed E-state index contributed by atoms with van der Waals surface area (Å²) in [7, 11) is 0. The number of pyridine rings is 1. The normalized spacial score (nSPS) is 13.8. The molecule has 0 amide bonds. The molecule has 0 bridgehead atoms. The molecule has 8 aromatic rings. The van der Waals surface area contributed by atoms with Gasteiger partial charge in [0.1, 0.15) is 11.6 Å². The molecule has 0 aliphatic heterocycles. The van der Waals surface area contributed by atoms with Crippen LogP contribution in [-0.2, 0) is 10.8 Å². The predicted octanol–water partition coefficient (Wildman–Crippen LogP) is 14.2. The molecule has 284 valence electrons. The quantitative estimate of drug-likeness (QED) is 0.176. The molecule has 0 fully saturated rings. The van der Waals surface area contributed by atoms with Crippen LogP contribution in [0.25, 0.3) is 72.7 Å². The first-order chi connectivity index (χ1) is 29.6. The minimum atomic E-state index is -0.968. The molecular weight excluding hydrogens is 695 g/mol. The van der Waals surface area contributed by atoms with Crippen LogP contribution in [0.4, 0.5) is 0 Å². The average molecular weight is 752 g/mol. The summed E-state index contributed by atoms with van der Waals surface area (Å²) in [6.45, 7) is 16.9. The molecule has 1 N–H and O–H groups in total. The van der Waals surface area contributed by atoms with Gasteiger partial charge in [0.25, 0.3) is 0 Å². The first kappa shape index (κ1) is 30.9. The van der Waals surface area contributed by atoms with Gasteiger partial charge in [-0.1, -0.05) is 146 Å². The summed E-state index contributed by atoms with van der Waals surface area (Å²) < 4.78 is 53.5. The zero-order chi connectivity index (χ0) is 45.3. The molecule has 0 saturated carbocycles. The van der Waals surface area contributed by atoms with Crippen LogP contribution < -0.4 is 0 Å². The molecule has 0 saturated heterocycles. The lowest BCUT2D eigenvalue weighted by molar-refractivity contribution is 0.477. The van der Waals surface area contributed by atoms with Crippen LogP contribution in [-0.4, -0.2) is 19.6 Å². The minimum Gasteiger partial charge on any atom is -0.507 e. The first-order valence-corrected chi connectivity index (χ1v) is 19.4. The minimum absolute atomic E-state index is 0.0921. The van der Waals surface area contributed by atoms with E-state index < -0.39 is 24.0 Å². The van der Waals surface area contributed by atoms with Gasteiger partial charge >= 0.3 is 0 Å². The van der Waals surface area contributed by atoms with Gasteiger partial charge in [0, 0.05) is 24.4 Å². The highest BCUT2D eigenvalue weighted by atomic mass is 16.3. The van der Waals surface area contributed by atoms with Crippen molar-refractivity contribution >= 4 is 11.0 Å². The third-order valence-corrected chi connectivity index (χ3v) is 10.6. The van der Waals surface area contributed by atoms with Gasteiger partial charge < -0.3 is 5.11 Å². The second-order valence-electron chi connectivity index (χ2n) is 17.0. The number of imidazole rings is 1. The van der Waals surface area contributed by atoms with Gasteiger partial charge in [-0.2, -0.15) is 0 Å². The van der Waals surface area contributed by atoms with Crippen LogP contribution in [0.3, 0.4) is 0 Å². The van der Waals surface area contributed by atoms with Crippen LogP contribution in [0.1, 0.15) is 86.2 Å². The molecule has 0 spiro atoms. The fraction of sp³-hybridized carbons (Fsp3) is 0.208. The summed E-state index contributed by atoms with van der Waals surface area (Å²) in [4.78, 5) is 10.1. The lowest BCUT2D eigenvalue weighted by atomic mass is 9.80. The van der Waals surface area contributed by atoms with E-state index in [1.165, 1.54) is 5.56 Å². The molecule has 6 aromatic carbocycles. The fourth-order valence-corrected chi connectivity index (χ4v) is 7.63. The third kappa shape index (κ3) is 7.29. The summed E-state index contributed by atoms with van der Waals surface area (Å²) >= 11 is 0. The van der Waals surface area contributed by atoms with Crippen LogP contribution in [0.2, 0.25) is 0 Å². The number of rotatable bonds is 7. The Hall–Kier alpha value is -6.26. The molecule has 2 aromatic heterocycles. The highest BCUT2D eigenvalue weighted by Gasteiger charge is 2.25. The van der Waals surface area contributed by atoms with Gasteiger partial charge in [0.15, 0.2) is 0 Å². The van der Waals surface area contributed by atoms with Crippen LogP contribution in [0.5, 0.6) is 5.75 Å². The molecule has 0 aliphatic carbocycles. The van der Waals surface area contributed by atoms with Gasteiger partial charge in [-0.25, -0.2) is 4.98 Å². The molecule has 4 nitrogen and oxygen atoms in total. The Balaban J connectivity index is 1.37. The first-order valence-electron chi connectivity index (χ1n) is 22.4. The molecule has 0 radical (unpaired) electrons. The maximum absolute atomic E-state index is 11.4. The van der Waals surface area contributed by atoms with E-state index in [-0.39, 0.29) is 34.2 Å². The molecule has 8 rings (SSSR count). The number of fused-ring (bicyclic) bond motifs is 1. The van der Waals surface area contributed by atoms with Gasteiger partial charge in [0.05, 0.1) is 29.1 Å². The SMILES string of the molecule is [2H]c1c([2H])c([2H])c(-c2ccnc(-c3cc(-c4cccc5c4nc(-c4ccccc4O)n5-c4ccc(-c5ccccc5C(C)(C)C)c(C([2H])(C)C)c4)cc(C(C)(C)C)c3)c2)c([2H])c1[2H]. The molecule has 0 aliphatic rings. The van der Waals surface area contributed by atoms with Crippen molar-refractivity contribution in [1.82, 2.24) is 14.5 Å². The Bertz CT molecular complexity index is 3070. The second kappa shape index (κ2) is 14.7. The highest BCUT2D eigenvalue weighted by Crippen LogP contribution is 2.42. The zero-order valence-electron chi connectivity index (χ0n) is 39.8. The van der Waals surface area contributed by atoms with E-state index in [0.29, 0.717) is 28.2 Å². The molecule has 2 heterocycles. The monoisotopic (exact) mass is 751 g/mol. The Labute approximate surface area is 346 Å². The predicted molar refractivity (Wildman–Crippen MR) is 239 cm³/mol. The van der Waals surface area contributed by atoms with E-state index in [9.17, 15) is 6.48 Å². The van der Waals surface area contributed by atoms with Crippen molar-refractivity contribution in [1.29, 1.82) is 0 Å². The van der Waals surface area contributed by atoms with Crippen molar-refractivity contribution in [2.75, 3.05) is 0 Å². The topological polar surface area (TPSA) is 50.9 Å². The molecular formula is C53H51N3O. The third-order valence-electron chi connectivity index (χ3n) is 10.6. The van der Waals surface area contributed by atoms with Crippen molar-refractivity contribution < 1.29 is 13.3 Å². The van der Waals surface area contributed by atoms with Gasteiger partial charge in [-0.05, 0) is 116 Å². The summed E-state index contributed by atoms with van der Waals surface area (Å²) in [5.74, 6) is -0.327. The number of phenols is 1. The lowest BCUT2D eigenvalue weighted by Gasteiger charge is -2.25. The highest BCUT2D eigenvalue weighted by molar-refractivity contribution is 5.97. The maximum Gasteiger partial charge on any atom is 0.149 e. The number of nitrogens with zero attached hydrogens (tertiary/aromatic N) is 3. The van der Waals surface area contributed by atoms with E-state index in [4.69, 9.17) is 16.8 Å². The number of phenolic OH excluding ortho intramolecular Hbond substituents is 1. The van der Waals surface area contributed by atoms with Crippen molar-refractivity contribution in [3.8, 4) is 67.5 Å². The van der Waals surface area contributed by atoms with Crippen LogP contribution >= 0.6 is 0 Å². The van der Waals surface area contributed by atoms with E-state index in [1.54, 1.807) is 30.5 Å². The van der Waals surface area contributed by atoms with Gasteiger partial charge in [-0.3, -0.25) is 9.55 Å². The standard InChI is InChI=1S/C53H51N3O/c1-34(2)45-33-40(25-26-42(45)43-19-12-14-22-46(43)53(6,7)8)56-48-23-16-21-41(50(48)55-51(56)44-20-13-15-24-49(44)57)37-29-38(31-39(30-37)52(3,4)5)47-32-36(27-28-54-47)35-17-10-9-11-18-35/h9-34,57H,1-8H3/i9D,10D,11D,17D,18D,34D. The van der Waals surface area contributed by atoms with Crippen molar-refractivity contribution in [3.05, 3.63) is 168 Å². The van der Waals surface area contributed by atoms with Crippen molar-refractivity contribution in [2.45, 2.75) is 72.1 Å².